The van der Waals surface area contributed by atoms with E-state index in [0.717, 1.165) is 17.0 Å². The standard InChI is InChI=1S/C17H18N4O2S/c1-3-14(15(18)22)24-17-20-19-16(13-9-10-23-11(13)2)21(17)12-7-5-4-6-8-12/h4-10,14H,3H2,1-2H3,(H2,18,22)/t14-/m1/s1. The smallest absolute Gasteiger partial charge is 0.231 e. The maximum Gasteiger partial charge on any atom is 0.231 e. The van der Waals surface area contributed by atoms with Crippen molar-refractivity contribution in [1.82, 2.24) is 14.8 Å². The highest BCUT2D eigenvalue weighted by Crippen LogP contribution is 2.32. The van der Waals surface area contributed by atoms with Gasteiger partial charge in [0.1, 0.15) is 5.76 Å². The number of primary amides is 1. The van der Waals surface area contributed by atoms with Crippen molar-refractivity contribution in [2.24, 2.45) is 5.73 Å². The number of thioether (sulfide) groups is 1. The maximum absolute atomic E-state index is 11.6. The van der Waals surface area contributed by atoms with Gasteiger partial charge in [0.2, 0.25) is 5.91 Å². The molecule has 2 aromatic heterocycles. The molecule has 0 aliphatic heterocycles. The summed E-state index contributed by atoms with van der Waals surface area (Å²) in [6.45, 7) is 3.80. The van der Waals surface area contributed by atoms with Crippen LogP contribution < -0.4 is 5.73 Å². The highest BCUT2D eigenvalue weighted by molar-refractivity contribution is 8.00. The summed E-state index contributed by atoms with van der Waals surface area (Å²) in [6, 6.07) is 11.6. The highest BCUT2D eigenvalue weighted by Gasteiger charge is 2.23. The van der Waals surface area contributed by atoms with Crippen LogP contribution in [0.2, 0.25) is 0 Å². The number of hydrogen-bond acceptors (Lipinski definition) is 5. The van der Waals surface area contributed by atoms with Gasteiger partial charge in [0, 0.05) is 5.69 Å². The van der Waals surface area contributed by atoms with Gasteiger partial charge in [-0.25, -0.2) is 0 Å². The molecule has 3 aromatic rings. The minimum atomic E-state index is -0.355. The lowest BCUT2D eigenvalue weighted by molar-refractivity contribution is -0.117. The lowest BCUT2D eigenvalue weighted by Gasteiger charge is -2.13. The van der Waals surface area contributed by atoms with Gasteiger partial charge in [0.25, 0.3) is 0 Å². The van der Waals surface area contributed by atoms with Crippen LogP contribution in [0.4, 0.5) is 0 Å². The van der Waals surface area contributed by atoms with Crippen molar-refractivity contribution in [2.45, 2.75) is 30.7 Å². The summed E-state index contributed by atoms with van der Waals surface area (Å²) in [4.78, 5) is 11.6. The first-order valence-electron chi connectivity index (χ1n) is 7.63. The van der Waals surface area contributed by atoms with Crippen LogP contribution in [0.3, 0.4) is 0 Å². The van der Waals surface area contributed by atoms with Crippen molar-refractivity contribution >= 4 is 17.7 Å². The topological polar surface area (TPSA) is 86.9 Å². The first-order valence-corrected chi connectivity index (χ1v) is 8.51. The quantitative estimate of drug-likeness (QED) is 0.695. The summed E-state index contributed by atoms with van der Waals surface area (Å²) >= 11 is 1.33. The molecule has 0 saturated carbocycles. The van der Waals surface area contributed by atoms with Crippen LogP contribution in [-0.2, 0) is 4.79 Å². The van der Waals surface area contributed by atoms with E-state index in [4.69, 9.17) is 10.2 Å². The van der Waals surface area contributed by atoms with E-state index in [2.05, 4.69) is 10.2 Å². The zero-order valence-corrected chi connectivity index (χ0v) is 14.3. The SMILES string of the molecule is CC[C@@H](Sc1nnc(-c2ccoc2C)n1-c1ccccc1)C(N)=O. The summed E-state index contributed by atoms with van der Waals surface area (Å²) in [6.07, 6.45) is 2.25. The second kappa shape index (κ2) is 6.92. The van der Waals surface area contributed by atoms with Crippen LogP contribution in [0.25, 0.3) is 17.1 Å². The number of carbonyl (C=O) groups excluding carboxylic acids is 1. The van der Waals surface area contributed by atoms with Crippen molar-refractivity contribution in [3.8, 4) is 17.1 Å². The van der Waals surface area contributed by atoms with E-state index in [1.165, 1.54) is 11.8 Å². The van der Waals surface area contributed by atoms with E-state index in [-0.39, 0.29) is 11.2 Å². The Labute approximate surface area is 144 Å². The number of carbonyl (C=O) groups is 1. The lowest BCUT2D eigenvalue weighted by Crippen LogP contribution is -2.25. The molecule has 0 bridgehead atoms. The van der Waals surface area contributed by atoms with Crippen LogP contribution in [0.15, 0.2) is 52.2 Å². The Morgan fingerprint density at radius 3 is 2.62 bits per heavy atom. The van der Waals surface area contributed by atoms with Gasteiger partial charge in [-0.05, 0) is 31.5 Å². The molecule has 3 rings (SSSR count). The third-order valence-electron chi connectivity index (χ3n) is 3.68. The zero-order valence-electron chi connectivity index (χ0n) is 13.5. The number of hydrogen-bond donors (Lipinski definition) is 1. The number of aromatic nitrogens is 3. The van der Waals surface area contributed by atoms with Gasteiger partial charge in [0.05, 0.1) is 17.1 Å². The van der Waals surface area contributed by atoms with E-state index in [1.807, 2.05) is 54.8 Å². The van der Waals surface area contributed by atoms with Crippen LogP contribution in [-0.4, -0.2) is 25.9 Å². The summed E-state index contributed by atoms with van der Waals surface area (Å²) < 4.78 is 7.32. The van der Waals surface area contributed by atoms with E-state index < -0.39 is 0 Å². The Bertz CT molecular complexity index is 841. The number of rotatable bonds is 6. The molecule has 0 fully saturated rings. The molecule has 0 aliphatic rings. The van der Waals surface area contributed by atoms with Gasteiger partial charge in [0.15, 0.2) is 11.0 Å². The van der Waals surface area contributed by atoms with Crippen LogP contribution in [0.1, 0.15) is 19.1 Å². The Morgan fingerprint density at radius 2 is 2.04 bits per heavy atom. The first-order chi connectivity index (χ1) is 11.6. The molecule has 0 unspecified atom stereocenters. The van der Waals surface area contributed by atoms with Crippen LogP contribution >= 0.6 is 11.8 Å². The van der Waals surface area contributed by atoms with E-state index in [0.29, 0.717) is 17.4 Å². The van der Waals surface area contributed by atoms with Gasteiger partial charge in [-0.3, -0.25) is 9.36 Å². The van der Waals surface area contributed by atoms with Crippen molar-refractivity contribution in [1.29, 1.82) is 0 Å². The molecular formula is C17H18N4O2S. The molecule has 1 amide bonds. The van der Waals surface area contributed by atoms with E-state index >= 15 is 0 Å². The van der Waals surface area contributed by atoms with E-state index in [9.17, 15) is 4.79 Å². The molecule has 124 valence electrons. The van der Waals surface area contributed by atoms with Gasteiger partial charge < -0.3 is 10.2 Å². The van der Waals surface area contributed by atoms with E-state index in [1.54, 1.807) is 6.26 Å². The third kappa shape index (κ3) is 3.07. The van der Waals surface area contributed by atoms with Gasteiger partial charge >= 0.3 is 0 Å². The normalized spacial score (nSPS) is 12.2. The Morgan fingerprint density at radius 1 is 1.29 bits per heavy atom. The predicted octanol–water partition coefficient (Wildman–Crippen LogP) is 3.19. The summed E-state index contributed by atoms with van der Waals surface area (Å²) in [7, 11) is 0. The molecule has 0 aliphatic carbocycles. The number of amides is 1. The predicted molar refractivity (Wildman–Crippen MR) is 92.9 cm³/mol. The maximum atomic E-state index is 11.6. The molecular weight excluding hydrogens is 324 g/mol. The van der Waals surface area contributed by atoms with Crippen molar-refractivity contribution < 1.29 is 9.21 Å². The number of benzene rings is 1. The minimum absolute atomic E-state index is 0.352. The summed E-state index contributed by atoms with van der Waals surface area (Å²) in [5.41, 5.74) is 7.26. The largest absolute Gasteiger partial charge is 0.469 e. The van der Waals surface area contributed by atoms with Gasteiger partial charge in [-0.2, -0.15) is 0 Å². The Balaban J connectivity index is 2.12. The number of furan rings is 1. The third-order valence-corrected chi connectivity index (χ3v) is 5.01. The second-order valence-electron chi connectivity index (χ2n) is 5.28. The lowest BCUT2D eigenvalue weighted by atomic mass is 10.2. The average molecular weight is 342 g/mol. The Hall–Kier alpha value is -2.54. The molecule has 0 spiro atoms. The van der Waals surface area contributed by atoms with Crippen molar-refractivity contribution in [2.75, 3.05) is 0 Å². The molecule has 2 N–H and O–H groups in total. The van der Waals surface area contributed by atoms with Gasteiger partial charge in [-0.1, -0.05) is 36.9 Å². The number of nitrogens with zero attached hydrogens (tertiary/aromatic N) is 3. The summed E-state index contributed by atoms with van der Waals surface area (Å²) in [5, 5.41) is 8.88. The van der Waals surface area contributed by atoms with Crippen molar-refractivity contribution in [3.05, 3.63) is 48.4 Å². The van der Waals surface area contributed by atoms with Gasteiger partial charge in [-0.15, -0.1) is 10.2 Å². The monoisotopic (exact) mass is 342 g/mol. The van der Waals surface area contributed by atoms with Crippen molar-refractivity contribution in [3.63, 3.8) is 0 Å². The fourth-order valence-electron chi connectivity index (χ4n) is 2.42. The molecule has 24 heavy (non-hydrogen) atoms. The molecule has 2 heterocycles. The molecule has 1 aromatic carbocycles. The average Bonchev–Trinajstić information content (AvgIpc) is 3.18. The fraction of sp³-hybridized carbons (Fsp3) is 0.235. The van der Waals surface area contributed by atoms with Crippen LogP contribution in [0.5, 0.6) is 0 Å². The second-order valence-corrected chi connectivity index (χ2v) is 6.45. The van der Waals surface area contributed by atoms with Crippen LogP contribution in [0, 0.1) is 6.92 Å². The zero-order chi connectivity index (χ0) is 17.1. The number of nitrogens with two attached hydrogens (primary N) is 1. The molecule has 6 nitrogen and oxygen atoms in total. The Kier molecular flexibility index (Phi) is 4.71. The summed E-state index contributed by atoms with van der Waals surface area (Å²) in [5.74, 6) is 1.08. The number of aryl methyl sites for hydroxylation is 1. The molecule has 1 atom stereocenters. The molecule has 7 heteroatoms. The molecule has 0 saturated heterocycles. The number of para-hydroxylation sites is 1. The fourth-order valence-corrected chi connectivity index (χ4v) is 3.34. The minimum Gasteiger partial charge on any atom is -0.469 e. The highest BCUT2D eigenvalue weighted by atomic mass is 32.2. The molecule has 0 radical (unpaired) electrons. The first kappa shape index (κ1) is 16.3.